The zero-order valence-corrected chi connectivity index (χ0v) is 12.1. The minimum Gasteiger partial charge on any atom is -0.505 e. The molecule has 0 aliphatic carbocycles. The molecule has 0 saturated heterocycles. The first-order valence-corrected chi connectivity index (χ1v) is 6.95. The van der Waals surface area contributed by atoms with E-state index >= 15 is 0 Å². The zero-order chi connectivity index (χ0) is 16.1. The third-order valence-corrected chi connectivity index (χ3v) is 3.77. The Kier molecular flexibility index (Phi) is 2.74. The molecule has 0 bridgehead atoms. The lowest BCUT2D eigenvalue weighted by Crippen LogP contribution is -2.03. The monoisotopic (exact) mass is 310 g/mol. The highest BCUT2D eigenvalue weighted by Crippen LogP contribution is 2.26. The number of halogens is 1. The van der Waals surface area contributed by atoms with E-state index < -0.39 is 17.2 Å². The van der Waals surface area contributed by atoms with E-state index in [9.17, 15) is 14.3 Å². The number of nitrogens with one attached hydrogen (secondary N) is 1. The molecule has 0 amide bonds. The van der Waals surface area contributed by atoms with E-state index in [-0.39, 0.29) is 11.1 Å². The number of phenols is 1. The van der Waals surface area contributed by atoms with Crippen molar-refractivity contribution in [1.29, 1.82) is 0 Å². The summed E-state index contributed by atoms with van der Waals surface area (Å²) in [6.07, 6.45) is 0. The molecule has 0 radical (unpaired) electrons. The van der Waals surface area contributed by atoms with Gasteiger partial charge in [-0.15, -0.1) is 0 Å². The molecule has 4 aromatic rings. The van der Waals surface area contributed by atoms with Crippen molar-refractivity contribution in [1.82, 2.24) is 9.97 Å². The van der Waals surface area contributed by atoms with E-state index in [1.54, 1.807) is 0 Å². The fraction of sp³-hybridized carbons (Fsp3) is 0.0588. The summed E-state index contributed by atoms with van der Waals surface area (Å²) in [7, 11) is 0. The number of phenolic OH excluding ortho intramolecular Hbond substituents is 1. The van der Waals surface area contributed by atoms with Crippen LogP contribution in [-0.4, -0.2) is 15.1 Å². The Morgan fingerprint density at radius 1 is 1.26 bits per heavy atom. The van der Waals surface area contributed by atoms with Gasteiger partial charge in [-0.1, -0.05) is 12.1 Å². The first-order chi connectivity index (χ1) is 11.0. The van der Waals surface area contributed by atoms with Crippen molar-refractivity contribution in [3.8, 4) is 17.1 Å². The number of hydrogen-bond donors (Lipinski definition) is 2. The zero-order valence-electron chi connectivity index (χ0n) is 12.1. The molecule has 4 rings (SSSR count). The van der Waals surface area contributed by atoms with Gasteiger partial charge in [0.2, 0.25) is 0 Å². The Bertz CT molecular complexity index is 1130. The topological polar surface area (TPSA) is 79.1 Å². The van der Waals surface area contributed by atoms with Gasteiger partial charge in [-0.3, -0.25) is 0 Å². The Balaban J connectivity index is 2.00. The van der Waals surface area contributed by atoms with Crippen molar-refractivity contribution in [3.05, 3.63) is 58.2 Å². The van der Waals surface area contributed by atoms with Crippen LogP contribution in [0.1, 0.15) is 5.56 Å². The van der Waals surface area contributed by atoms with Crippen LogP contribution >= 0.6 is 0 Å². The number of imidazole rings is 1. The summed E-state index contributed by atoms with van der Waals surface area (Å²) in [4.78, 5) is 19.7. The van der Waals surface area contributed by atoms with Crippen LogP contribution in [0.3, 0.4) is 0 Å². The van der Waals surface area contributed by atoms with Crippen LogP contribution in [0, 0.1) is 12.7 Å². The number of fused-ring (bicyclic) bond motifs is 2. The van der Waals surface area contributed by atoms with Gasteiger partial charge in [0, 0.05) is 11.5 Å². The average molecular weight is 310 g/mol. The van der Waals surface area contributed by atoms with Crippen LogP contribution in [0.15, 0.2) is 45.6 Å². The number of hydrogen-bond acceptors (Lipinski definition) is 4. The van der Waals surface area contributed by atoms with Gasteiger partial charge in [0.25, 0.3) is 0 Å². The third-order valence-electron chi connectivity index (χ3n) is 3.77. The molecule has 2 N–H and O–H groups in total. The van der Waals surface area contributed by atoms with Crippen LogP contribution in [0.2, 0.25) is 0 Å². The van der Waals surface area contributed by atoms with Crippen molar-refractivity contribution >= 4 is 22.0 Å². The molecular weight excluding hydrogens is 299 g/mol. The normalized spacial score (nSPS) is 11.4. The molecule has 0 fully saturated rings. The van der Waals surface area contributed by atoms with Crippen LogP contribution in [0.25, 0.3) is 33.4 Å². The minimum absolute atomic E-state index is 0.116. The number of H-pyrrole nitrogens is 1. The SMILES string of the molecule is Cc1cccc2[nH]c(-c3cc4cc(F)c(O)cc4oc3=O)nc12. The molecule has 6 heteroatoms. The number of aryl methyl sites for hydroxylation is 1. The van der Waals surface area contributed by atoms with Gasteiger partial charge in [0.05, 0.1) is 11.0 Å². The fourth-order valence-corrected chi connectivity index (χ4v) is 2.60. The maximum Gasteiger partial charge on any atom is 0.347 e. The lowest BCUT2D eigenvalue weighted by Gasteiger charge is -2.01. The van der Waals surface area contributed by atoms with E-state index in [2.05, 4.69) is 9.97 Å². The molecule has 2 heterocycles. The number of aromatic hydroxyl groups is 1. The maximum atomic E-state index is 13.5. The standard InChI is InChI=1S/C17H11FN2O3/c1-8-3-2-4-12-15(8)20-16(19-12)10-5-9-6-11(18)13(21)7-14(9)23-17(10)22/h2-7,21H,1H3,(H,19,20). The molecule has 0 saturated carbocycles. The lowest BCUT2D eigenvalue weighted by molar-refractivity contribution is 0.431. The molecular formula is C17H11FN2O3. The molecule has 0 unspecified atom stereocenters. The number of para-hydroxylation sites is 1. The van der Waals surface area contributed by atoms with Crippen molar-refractivity contribution < 1.29 is 13.9 Å². The van der Waals surface area contributed by atoms with Gasteiger partial charge < -0.3 is 14.5 Å². The second-order valence-electron chi connectivity index (χ2n) is 5.35. The summed E-state index contributed by atoms with van der Waals surface area (Å²) in [6, 6.07) is 9.37. The molecule has 0 spiro atoms. The summed E-state index contributed by atoms with van der Waals surface area (Å²) < 4.78 is 18.7. The summed E-state index contributed by atoms with van der Waals surface area (Å²) in [6.45, 7) is 1.92. The van der Waals surface area contributed by atoms with Gasteiger partial charge in [-0.2, -0.15) is 0 Å². The maximum absolute atomic E-state index is 13.5. The van der Waals surface area contributed by atoms with Gasteiger partial charge in [-0.05, 0) is 30.7 Å². The van der Waals surface area contributed by atoms with E-state index in [0.717, 1.165) is 28.7 Å². The summed E-state index contributed by atoms with van der Waals surface area (Å²) in [5.74, 6) is -0.982. The second-order valence-corrected chi connectivity index (χ2v) is 5.35. The van der Waals surface area contributed by atoms with Crippen LogP contribution in [0.5, 0.6) is 5.75 Å². The van der Waals surface area contributed by atoms with Gasteiger partial charge >= 0.3 is 5.63 Å². The lowest BCUT2D eigenvalue weighted by atomic mass is 10.1. The quantitative estimate of drug-likeness (QED) is 0.527. The number of benzene rings is 2. The Hall–Kier alpha value is -3.15. The first kappa shape index (κ1) is 13.5. The number of rotatable bonds is 1. The molecule has 114 valence electrons. The summed E-state index contributed by atoms with van der Waals surface area (Å²) >= 11 is 0. The van der Waals surface area contributed by atoms with E-state index in [4.69, 9.17) is 4.42 Å². The van der Waals surface area contributed by atoms with Gasteiger partial charge in [0.1, 0.15) is 17.0 Å². The molecule has 0 aliphatic rings. The predicted octanol–water partition coefficient (Wildman–Crippen LogP) is 3.49. The molecule has 2 aromatic heterocycles. The van der Waals surface area contributed by atoms with Gasteiger partial charge in [0.15, 0.2) is 11.6 Å². The minimum atomic E-state index is -0.780. The predicted molar refractivity (Wildman–Crippen MR) is 83.9 cm³/mol. The fourth-order valence-electron chi connectivity index (χ4n) is 2.60. The van der Waals surface area contributed by atoms with Gasteiger partial charge in [-0.25, -0.2) is 14.2 Å². The van der Waals surface area contributed by atoms with Crippen LogP contribution < -0.4 is 5.63 Å². The largest absolute Gasteiger partial charge is 0.505 e. The van der Waals surface area contributed by atoms with E-state index in [0.29, 0.717) is 11.2 Å². The van der Waals surface area contributed by atoms with Crippen LogP contribution in [-0.2, 0) is 0 Å². The number of aromatic nitrogens is 2. The highest BCUT2D eigenvalue weighted by Gasteiger charge is 2.14. The highest BCUT2D eigenvalue weighted by atomic mass is 19.1. The molecule has 23 heavy (non-hydrogen) atoms. The summed E-state index contributed by atoms with van der Waals surface area (Å²) in [5.41, 5.74) is 2.25. The van der Waals surface area contributed by atoms with Crippen molar-refractivity contribution in [3.63, 3.8) is 0 Å². The van der Waals surface area contributed by atoms with E-state index in [1.165, 1.54) is 6.07 Å². The van der Waals surface area contributed by atoms with Crippen molar-refractivity contribution in [2.24, 2.45) is 0 Å². The molecule has 5 nitrogen and oxygen atoms in total. The van der Waals surface area contributed by atoms with Crippen molar-refractivity contribution in [2.45, 2.75) is 6.92 Å². The Morgan fingerprint density at radius 2 is 2.09 bits per heavy atom. The number of nitrogens with zero attached hydrogens (tertiary/aromatic N) is 1. The average Bonchev–Trinajstić information content (AvgIpc) is 2.94. The molecule has 0 atom stereocenters. The van der Waals surface area contributed by atoms with Crippen LogP contribution in [0.4, 0.5) is 4.39 Å². The smallest absolute Gasteiger partial charge is 0.347 e. The van der Waals surface area contributed by atoms with Crippen molar-refractivity contribution in [2.75, 3.05) is 0 Å². The first-order valence-electron chi connectivity index (χ1n) is 6.95. The van der Waals surface area contributed by atoms with E-state index in [1.807, 2.05) is 25.1 Å². The summed E-state index contributed by atoms with van der Waals surface area (Å²) in [5, 5.41) is 9.73. The number of aromatic amines is 1. The Labute approximate surface area is 129 Å². The Morgan fingerprint density at radius 3 is 2.87 bits per heavy atom. The molecule has 2 aromatic carbocycles. The highest BCUT2D eigenvalue weighted by molar-refractivity contribution is 5.85. The second kappa shape index (κ2) is 4.67. The third kappa shape index (κ3) is 2.07. The molecule has 0 aliphatic heterocycles.